The molecule has 0 aromatic heterocycles. The van der Waals surface area contributed by atoms with E-state index < -0.39 is 0 Å². The molecule has 0 amide bonds. The third-order valence-electron chi connectivity index (χ3n) is 2.64. The van der Waals surface area contributed by atoms with Gasteiger partial charge in [-0.15, -0.1) is 0 Å². The molecular weight excluding hydrogens is 247 g/mol. The topological polar surface area (TPSA) is 34.1 Å². The Morgan fingerprint density at radius 2 is 1.25 bits per heavy atom. The summed E-state index contributed by atoms with van der Waals surface area (Å²) < 4.78 is 0. The zero-order valence-electron chi connectivity index (χ0n) is 9.71. The van der Waals surface area contributed by atoms with Gasteiger partial charge in [-0.2, -0.15) is 0 Å². The molecule has 0 saturated heterocycles. The summed E-state index contributed by atoms with van der Waals surface area (Å²) >= 11 is 10.8. The van der Waals surface area contributed by atoms with Gasteiger partial charge in [-0.3, -0.25) is 9.59 Å². The Labute approximate surface area is 107 Å². The molecular formula is C12H18Cl2O2. The fourth-order valence-corrected chi connectivity index (χ4v) is 1.85. The molecule has 92 valence electrons. The second-order valence-corrected chi connectivity index (χ2v) is 4.51. The van der Waals surface area contributed by atoms with E-state index in [4.69, 9.17) is 23.2 Å². The molecule has 0 spiro atoms. The standard InChI is InChI=1S/C12H18Cl2O2/c1-3-9(11(13)15)7-5-6-8-10(4-2)12(14)16/h5-6,9-10H,3-4,7-8H2,1-2H3. The van der Waals surface area contributed by atoms with Gasteiger partial charge in [0.2, 0.25) is 10.5 Å². The van der Waals surface area contributed by atoms with Crippen LogP contribution in [0, 0.1) is 11.8 Å². The van der Waals surface area contributed by atoms with Crippen LogP contribution >= 0.6 is 23.2 Å². The molecule has 0 aliphatic heterocycles. The molecule has 0 bridgehead atoms. The highest BCUT2D eigenvalue weighted by Gasteiger charge is 2.13. The van der Waals surface area contributed by atoms with Gasteiger partial charge in [0.1, 0.15) is 0 Å². The van der Waals surface area contributed by atoms with Crippen molar-refractivity contribution in [2.24, 2.45) is 11.8 Å². The SMILES string of the molecule is CCC(CC=CCC(CC)C(=O)Cl)C(=O)Cl. The first-order chi connectivity index (χ1) is 7.52. The minimum atomic E-state index is -0.299. The Bertz CT molecular complexity index is 236. The third kappa shape index (κ3) is 6.29. The van der Waals surface area contributed by atoms with Gasteiger partial charge in [0.05, 0.1) is 0 Å². The van der Waals surface area contributed by atoms with Gasteiger partial charge in [0, 0.05) is 11.8 Å². The predicted octanol–water partition coefficient (Wildman–Crippen LogP) is 3.91. The van der Waals surface area contributed by atoms with Crippen molar-refractivity contribution in [3.8, 4) is 0 Å². The molecule has 0 radical (unpaired) electrons. The van der Waals surface area contributed by atoms with E-state index in [0.29, 0.717) is 12.8 Å². The van der Waals surface area contributed by atoms with Crippen molar-refractivity contribution >= 4 is 33.7 Å². The van der Waals surface area contributed by atoms with Gasteiger partial charge in [-0.1, -0.05) is 26.0 Å². The highest BCUT2D eigenvalue weighted by molar-refractivity contribution is 6.64. The average molecular weight is 265 g/mol. The van der Waals surface area contributed by atoms with Crippen LogP contribution in [0.2, 0.25) is 0 Å². The highest BCUT2D eigenvalue weighted by Crippen LogP contribution is 2.16. The maximum Gasteiger partial charge on any atom is 0.225 e. The number of rotatable bonds is 8. The lowest BCUT2D eigenvalue weighted by Crippen LogP contribution is -2.07. The molecule has 0 heterocycles. The largest absolute Gasteiger partial charge is 0.281 e. The lowest BCUT2D eigenvalue weighted by molar-refractivity contribution is -0.116. The van der Waals surface area contributed by atoms with Crippen LogP contribution in [-0.4, -0.2) is 10.5 Å². The minimum absolute atomic E-state index is 0.121. The lowest BCUT2D eigenvalue weighted by atomic mass is 10.0. The van der Waals surface area contributed by atoms with Gasteiger partial charge in [0.15, 0.2) is 0 Å². The van der Waals surface area contributed by atoms with E-state index >= 15 is 0 Å². The zero-order chi connectivity index (χ0) is 12.6. The first-order valence-corrected chi connectivity index (χ1v) is 6.32. The van der Waals surface area contributed by atoms with E-state index in [0.717, 1.165) is 12.8 Å². The van der Waals surface area contributed by atoms with Crippen LogP contribution in [-0.2, 0) is 9.59 Å². The minimum Gasteiger partial charge on any atom is -0.281 e. The molecule has 2 nitrogen and oxygen atoms in total. The van der Waals surface area contributed by atoms with Crippen LogP contribution in [0.5, 0.6) is 0 Å². The normalized spacial score (nSPS) is 15.0. The van der Waals surface area contributed by atoms with Crippen LogP contribution < -0.4 is 0 Å². The second-order valence-electron chi connectivity index (χ2n) is 3.76. The summed E-state index contributed by atoms with van der Waals surface area (Å²) in [6, 6.07) is 0. The van der Waals surface area contributed by atoms with Crippen LogP contribution in [0.25, 0.3) is 0 Å². The van der Waals surface area contributed by atoms with Crippen molar-refractivity contribution in [1.82, 2.24) is 0 Å². The van der Waals surface area contributed by atoms with Crippen molar-refractivity contribution in [3.05, 3.63) is 12.2 Å². The number of carbonyl (C=O) groups is 2. The van der Waals surface area contributed by atoms with E-state index in [2.05, 4.69) is 0 Å². The van der Waals surface area contributed by atoms with Crippen molar-refractivity contribution in [3.63, 3.8) is 0 Å². The number of carbonyl (C=O) groups excluding carboxylic acids is 2. The van der Waals surface area contributed by atoms with Gasteiger partial charge in [-0.05, 0) is 48.9 Å². The molecule has 0 fully saturated rings. The Kier molecular flexibility index (Phi) is 8.58. The maximum absolute atomic E-state index is 10.9. The molecule has 0 aliphatic carbocycles. The van der Waals surface area contributed by atoms with Crippen molar-refractivity contribution in [2.45, 2.75) is 39.5 Å². The summed E-state index contributed by atoms with van der Waals surface area (Å²) in [7, 11) is 0. The molecule has 4 heteroatoms. The van der Waals surface area contributed by atoms with E-state index in [1.54, 1.807) is 0 Å². The molecule has 0 rings (SSSR count). The Balaban J connectivity index is 4.01. The molecule has 2 atom stereocenters. The lowest BCUT2D eigenvalue weighted by Gasteiger charge is -2.07. The van der Waals surface area contributed by atoms with E-state index in [9.17, 15) is 9.59 Å². The van der Waals surface area contributed by atoms with Gasteiger partial charge in [-0.25, -0.2) is 0 Å². The molecule has 2 unspecified atom stereocenters. The monoisotopic (exact) mass is 264 g/mol. The summed E-state index contributed by atoms with van der Waals surface area (Å²) in [5.41, 5.74) is 0. The van der Waals surface area contributed by atoms with Gasteiger partial charge < -0.3 is 0 Å². The number of hydrogen-bond donors (Lipinski definition) is 0. The number of hydrogen-bond acceptors (Lipinski definition) is 2. The van der Waals surface area contributed by atoms with Crippen LogP contribution in [0.1, 0.15) is 39.5 Å². The Hall–Kier alpha value is -0.340. The van der Waals surface area contributed by atoms with E-state index in [1.807, 2.05) is 26.0 Å². The smallest absolute Gasteiger partial charge is 0.225 e. The third-order valence-corrected chi connectivity index (χ3v) is 3.25. The molecule has 0 aromatic rings. The summed E-state index contributed by atoms with van der Waals surface area (Å²) in [6.45, 7) is 3.85. The van der Waals surface area contributed by atoms with Crippen LogP contribution in [0.4, 0.5) is 0 Å². The fourth-order valence-electron chi connectivity index (χ4n) is 1.36. The molecule has 0 N–H and O–H groups in total. The Morgan fingerprint density at radius 1 is 0.938 bits per heavy atom. The van der Waals surface area contributed by atoms with Crippen molar-refractivity contribution in [1.29, 1.82) is 0 Å². The summed E-state index contributed by atoms with van der Waals surface area (Å²) in [5, 5.41) is -0.597. The molecule has 16 heavy (non-hydrogen) atoms. The average Bonchev–Trinajstić information content (AvgIpc) is 2.22. The highest BCUT2D eigenvalue weighted by atomic mass is 35.5. The summed E-state index contributed by atoms with van der Waals surface area (Å²) in [5.74, 6) is -0.241. The summed E-state index contributed by atoms with van der Waals surface area (Å²) in [4.78, 5) is 21.8. The first kappa shape index (κ1) is 15.7. The predicted molar refractivity (Wildman–Crippen MR) is 67.7 cm³/mol. The van der Waals surface area contributed by atoms with Crippen molar-refractivity contribution < 1.29 is 9.59 Å². The number of allylic oxidation sites excluding steroid dienone is 2. The molecule has 0 aromatic carbocycles. The quantitative estimate of drug-likeness (QED) is 0.492. The Morgan fingerprint density at radius 3 is 1.44 bits per heavy atom. The van der Waals surface area contributed by atoms with Crippen molar-refractivity contribution in [2.75, 3.05) is 0 Å². The van der Waals surface area contributed by atoms with Gasteiger partial charge in [0.25, 0.3) is 0 Å². The number of halogens is 2. The summed E-state index contributed by atoms with van der Waals surface area (Å²) in [6.07, 6.45) is 6.53. The van der Waals surface area contributed by atoms with Crippen LogP contribution in [0.15, 0.2) is 12.2 Å². The zero-order valence-corrected chi connectivity index (χ0v) is 11.2. The molecule has 0 saturated carbocycles. The van der Waals surface area contributed by atoms with Gasteiger partial charge >= 0.3 is 0 Å². The fraction of sp³-hybridized carbons (Fsp3) is 0.667. The maximum atomic E-state index is 10.9. The first-order valence-electron chi connectivity index (χ1n) is 5.56. The second kappa shape index (κ2) is 8.77. The molecule has 0 aliphatic rings. The van der Waals surface area contributed by atoms with Crippen LogP contribution in [0.3, 0.4) is 0 Å². The van der Waals surface area contributed by atoms with E-state index in [1.165, 1.54) is 0 Å². The van der Waals surface area contributed by atoms with E-state index in [-0.39, 0.29) is 22.3 Å².